The van der Waals surface area contributed by atoms with Gasteiger partial charge in [-0.3, -0.25) is 4.79 Å². The van der Waals surface area contributed by atoms with Crippen molar-refractivity contribution in [2.24, 2.45) is 0 Å². The van der Waals surface area contributed by atoms with Crippen LogP contribution >= 0.6 is 11.6 Å². The Morgan fingerprint density at radius 3 is 3.00 bits per heavy atom. The first-order valence-electron chi connectivity index (χ1n) is 9.00. The van der Waals surface area contributed by atoms with Gasteiger partial charge in [0.05, 0.1) is 23.8 Å². The van der Waals surface area contributed by atoms with Crippen molar-refractivity contribution in [2.45, 2.75) is 19.8 Å². The number of nitrogens with zero attached hydrogens (tertiary/aromatic N) is 3. The number of nitrogens with one attached hydrogen (secondary N) is 1. The van der Waals surface area contributed by atoms with Gasteiger partial charge < -0.3 is 14.1 Å². The molecule has 0 radical (unpaired) electrons. The molecule has 0 aliphatic rings. The summed E-state index contributed by atoms with van der Waals surface area (Å²) in [6.07, 6.45) is 4.61. The van der Waals surface area contributed by atoms with Crippen molar-refractivity contribution in [3.63, 3.8) is 0 Å². The lowest BCUT2D eigenvalue weighted by atomic mass is 10.2. The smallest absolute Gasteiger partial charge is 0.226 e. The second kappa shape index (κ2) is 7.86. The minimum atomic E-state index is -0.102. The Hall–Kier alpha value is -3.12. The number of halogens is 1. The molecule has 4 aromatic rings. The fourth-order valence-electron chi connectivity index (χ4n) is 3.05. The second-order valence-electron chi connectivity index (χ2n) is 6.48. The number of carbonyl (C=O) groups is 1. The van der Waals surface area contributed by atoms with Gasteiger partial charge in [-0.2, -0.15) is 0 Å². The van der Waals surface area contributed by atoms with E-state index in [1.807, 2.05) is 47.1 Å². The zero-order chi connectivity index (χ0) is 19.5. The van der Waals surface area contributed by atoms with Crippen molar-refractivity contribution in [1.82, 2.24) is 19.7 Å². The van der Waals surface area contributed by atoms with E-state index in [0.29, 0.717) is 35.3 Å². The van der Waals surface area contributed by atoms with Crippen molar-refractivity contribution in [2.75, 3.05) is 6.54 Å². The van der Waals surface area contributed by atoms with Crippen LogP contribution in [0.3, 0.4) is 0 Å². The lowest BCUT2D eigenvalue weighted by Crippen LogP contribution is -2.28. The van der Waals surface area contributed by atoms with Gasteiger partial charge in [0.15, 0.2) is 0 Å². The average Bonchev–Trinajstić information content (AvgIpc) is 3.26. The van der Waals surface area contributed by atoms with E-state index in [9.17, 15) is 4.79 Å². The maximum absolute atomic E-state index is 12.3. The monoisotopic (exact) mass is 394 g/mol. The topological polar surface area (TPSA) is 72.4 Å². The van der Waals surface area contributed by atoms with Crippen LogP contribution in [-0.2, 0) is 17.6 Å². The van der Waals surface area contributed by atoms with Gasteiger partial charge in [0, 0.05) is 29.7 Å². The number of imidazole rings is 1. The van der Waals surface area contributed by atoms with Gasteiger partial charge in [0.25, 0.3) is 0 Å². The van der Waals surface area contributed by atoms with Gasteiger partial charge in [0.1, 0.15) is 11.6 Å². The van der Waals surface area contributed by atoms with Gasteiger partial charge in [-0.1, -0.05) is 23.7 Å². The Morgan fingerprint density at radius 2 is 2.14 bits per heavy atom. The third-order valence-electron chi connectivity index (χ3n) is 4.48. The summed E-state index contributed by atoms with van der Waals surface area (Å²) in [6.45, 7) is 2.31. The van der Waals surface area contributed by atoms with Crippen LogP contribution in [0.2, 0.25) is 5.02 Å². The molecule has 4 rings (SSSR count). The summed E-state index contributed by atoms with van der Waals surface area (Å²) < 4.78 is 7.72. The molecule has 1 N–H and O–H groups in total. The number of benzene rings is 1. The fraction of sp³-hybridized carbons (Fsp3) is 0.190. The summed E-state index contributed by atoms with van der Waals surface area (Å²) in [7, 11) is 0. The van der Waals surface area contributed by atoms with E-state index in [2.05, 4.69) is 15.3 Å². The molecule has 0 saturated heterocycles. The number of amides is 1. The van der Waals surface area contributed by atoms with E-state index >= 15 is 0 Å². The van der Waals surface area contributed by atoms with E-state index in [1.165, 1.54) is 0 Å². The quantitative estimate of drug-likeness (QED) is 0.539. The van der Waals surface area contributed by atoms with Gasteiger partial charge in [-0.15, -0.1) is 0 Å². The Balaban J connectivity index is 1.36. The molecule has 0 atom stereocenters. The van der Waals surface area contributed by atoms with E-state index in [1.54, 1.807) is 19.1 Å². The van der Waals surface area contributed by atoms with Crippen LogP contribution in [0, 0.1) is 6.92 Å². The van der Waals surface area contributed by atoms with E-state index in [4.69, 9.17) is 16.0 Å². The Labute approximate surface area is 167 Å². The van der Waals surface area contributed by atoms with Crippen LogP contribution in [0.1, 0.15) is 17.3 Å². The van der Waals surface area contributed by atoms with Crippen LogP contribution < -0.4 is 5.32 Å². The molecule has 7 heteroatoms. The number of hydrogen-bond donors (Lipinski definition) is 1. The molecule has 0 unspecified atom stereocenters. The Morgan fingerprint density at radius 1 is 1.25 bits per heavy atom. The molecule has 28 heavy (non-hydrogen) atoms. The molecule has 0 saturated carbocycles. The van der Waals surface area contributed by atoms with E-state index < -0.39 is 0 Å². The molecule has 0 aliphatic carbocycles. The third kappa shape index (κ3) is 3.92. The first-order valence-corrected chi connectivity index (χ1v) is 9.38. The summed E-state index contributed by atoms with van der Waals surface area (Å²) >= 11 is 6.02. The average molecular weight is 395 g/mol. The summed E-state index contributed by atoms with van der Waals surface area (Å²) in [6, 6.07) is 13.2. The normalized spacial score (nSPS) is 11.1. The highest BCUT2D eigenvalue weighted by atomic mass is 35.5. The number of fused-ring (bicyclic) bond motifs is 1. The second-order valence-corrected chi connectivity index (χ2v) is 6.92. The van der Waals surface area contributed by atoms with Crippen LogP contribution in [0.5, 0.6) is 0 Å². The maximum atomic E-state index is 12.3. The summed E-state index contributed by atoms with van der Waals surface area (Å²) in [5.74, 6) is 1.91. The predicted octanol–water partition coefficient (Wildman–Crippen LogP) is 3.85. The molecule has 0 bridgehead atoms. The summed E-state index contributed by atoms with van der Waals surface area (Å²) in [4.78, 5) is 21.2. The van der Waals surface area contributed by atoms with Crippen molar-refractivity contribution in [3.05, 3.63) is 77.2 Å². The molecule has 1 aromatic carbocycles. The maximum Gasteiger partial charge on any atom is 0.226 e. The number of carbonyl (C=O) groups excluding carboxylic acids is 1. The van der Waals surface area contributed by atoms with Crippen LogP contribution in [0.4, 0.5) is 0 Å². The van der Waals surface area contributed by atoms with E-state index in [0.717, 1.165) is 16.9 Å². The lowest BCUT2D eigenvalue weighted by Gasteiger charge is -2.04. The summed E-state index contributed by atoms with van der Waals surface area (Å²) in [5.41, 5.74) is 2.45. The van der Waals surface area contributed by atoms with E-state index in [-0.39, 0.29) is 12.3 Å². The van der Waals surface area contributed by atoms with Crippen molar-refractivity contribution in [1.29, 1.82) is 0 Å². The molecule has 0 spiro atoms. The Bertz CT molecular complexity index is 1130. The lowest BCUT2D eigenvalue weighted by molar-refractivity contribution is -0.120. The minimum absolute atomic E-state index is 0.102. The Kier molecular flexibility index (Phi) is 5.12. The van der Waals surface area contributed by atoms with Crippen molar-refractivity contribution >= 4 is 23.0 Å². The molecule has 3 heterocycles. The highest BCUT2D eigenvalue weighted by Crippen LogP contribution is 2.24. The van der Waals surface area contributed by atoms with Crippen molar-refractivity contribution < 1.29 is 9.21 Å². The number of aryl methyl sites for hydroxylation is 1. The van der Waals surface area contributed by atoms with Crippen LogP contribution in [0.25, 0.3) is 17.0 Å². The first-order chi connectivity index (χ1) is 13.6. The largest absolute Gasteiger partial charge is 0.441 e. The molecule has 3 aromatic heterocycles. The summed E-state index contributed by atoms with van der Waals surface area (Å²) in [5, 5.41) is 3.53. The van der Waals surface area contributed by atoms with Gasteiger partial charge >= 0.3 is 0 Å². The third-order valence-corrected chi connectivity index (χ3v) is 4.71. The number of oxazole rings is 1. The van der Waals surface area contributed by atoms with Crippen LogP contribution in [0.15, 0.2) is 59.3 Å². The van der Waals surface area contributed by atoms with Gasteiger partial charge in [-0.25, -0.2) is 9.97 Å². The highest BCUT2D eigenvalue weighted by Gasteiger charge is 2.15. The molecule has 1 amide bonds. The molecular formula is C21H19ClN4O2. The SMILES string of the molecule is Cc1oc(-c2cccc(Cl)c2)nc1CC(=O)NCCc1ncc2ccccn12. The number of hydrogen-bond acceptors (Lipinski definition) is 4. The molecule has 0 fully saturated rings. The molecular weight excluding hydrogens is 376 g/mol. The zero-order valence-corrected chi connectivity index (χ0v) is 16.1. The standard InChI is InChI=1S/C21H19ClN4O2/c1-14-18(25-21(28-14)15-5-4-6-16(22)11-15)12-20(27)23-9-8-19-24-13-17-7-2-3-10-26(17)19/h2-7,10-11,13H,8-9,12H2,1H3,(H,23,27). The van der Waals surface area contributed by atoms with Crippen molar-refractivity contribution in [3.8, 4) is 11.5 Å². The molecule has 6 nitrogen and oxygen atoms in total. The number of pyridine rings is 1. The zero-order valence-electron chi connectivity index (χ0n) is 15.4. The van der Waals surface area contributed by atoms with Gasteiger partial charge in [-0.05, 0) is 37.3 Å². The molecule has 0 aliphatic heterocycles. The predicted molar refractivity (Wildman–Crippen MR) is 107 cm³/mol. The van der Waals surface area contributed by atoms with Gasteiger partial charge in [0.2, 0.25) is 11.8 Å². The minimum Gasteiger partial charge on any atom is -0.441 e. The number of rotatable bonds is 6. The fourth-order valence-corrected chi connectivity index (χ4v) is 3.24. The first kappa shape index (κ1) is 18.3. The molecule has 142 valence electrons. The van der Waals surface area contributed by atoms with Crippen LogP contribution in [-0.4, -0.2) is 26.8 Å². The number of aromatic nitrogens is 3. The highest BCUT2D eigenvalue weighted by molar-refractivity contribution is 6.30.